The van der Waals surface area contributed by atoms with Crippen molar-refractivity contribution >= 4 is 0 Å². The van der Waals surface area contributed by atoms with E-state index in [1.54, 1.807) is 6.07 Å². The van der Waals surface area contributed by atoms with E-state index in [4.69, 9.17) is 0 Å². The van der Waals surface area contributed by atoms with Gasteiger partial charge in [0.05, 0.1) is 0 Å². The van der Waals surface area contributed by atoms with E-state index < -0.39 is 0 Å². The minimum atomic E-state index is 0.400. The topological polar surface area (TPSA) is 40.5 Å². The van der Waals surface area contributed by atoms with E-state index in [1.165, 1.54) is 11.1 Å². The summed E-state index contributed by atoms with van der Waals surface area (Å²) in [5.74, 6) is 0.871. The van der Waals surface area contributed by atoms with Gasteiger partial charge in [0.1, 0.15) is 11.5 Å². The van der Waals surface area contributed by atoms with E-state index in [2.05, 4.69) is 32.9 Å². The van der Waals surface area contributed by atoms with Gasteiger partial charge in [0.15, 0.2) is 0 Å². The van der Waals surface area contributed by atoms with Gasteiger partial charge in [-0.3, -0.25) is 0 Å². The van der Waals surface area contributed by atoms with Gasteiger partial charge in [-0.25, -0.2) is 0 Å². The molecule has 0 aromatic heterocycles. The number of rotatable bonds is 3. The molecule has 0 aliphatic heterocycles. The van der Waals surface area contributed by atoms with E-state index in [1.807, 2.05) is 26.8 Å². The average Bonchev–Trinajstić information content (AvgIpc) is 2.52. The molecule has 2 rings (SSSR count). The van der Waals surface area contributed by atoms with Crippen molar-refractivity contribution in [2.24, 2.45) is 0 Å². The lowest BCUT2D eigenvalue weighted by Crippen LogP contribution is -1.94. The van der Waals surface area contributed by atoms with E-state index in [-0.39, 0.29) is 0 Å². The summed E-state index contributed by atoms with van der Waals surface area (Å²) in [6.07, 6.45) is 2.91. The molecule has 126 valence electrons. The third kappa shape index (κ3) is 5.02. The lowest BCUT2D eigenvalue weighted by atomic mass is 9.98. The Morgan fingerprint density at radius 1 is 0.739 bits per heavy atom. The molecular weight excluding hydrogens is 284 g/mol. The van der Waals surface area contributed by atoms with Gasteiger partial charge in [-0.1, -0.05) is 32.9 Å². The van der Waals surface area contributed by atoms with Crippen LogP contribution in [0.2, 0.25) is 0 Å². The van der Waals surface area contributed by atoms with Gasteiger partial charge in [-0.15, -0.1) is 0 Å². The monoisotopic (exact) mass is 314 g/mol. The maximum Gasteiger partial charge on any atom is 0.119 e. The fraction of sp³-hybridized carbons (Fsp3) is 0.429. The zero-order valence-electron chi connectivity index (χ0n) is 15.3. The van der Waals surface area contributed by atoms with E-state index >= 15 is 0 Å². The normalized spacial score (nSPS) is 10.2. The molecule has 0 aliphatic rings. The molecule has 0 radical (unpaired) electrons. The Balaban J connectivity index is 0.000000238. The minimum absolute atomic E-state index is 0.400. The third-order valence-corrected chi connectivity index (χ3v) is 4.31. The molecule has 0 aliphatic carbocycles. The van der Waals surface area contributed by atoms with Crippen LogP contribution in [0.15, 0.2) is 24.3 Å². The molecule has 0 saturated carbocycles. The molecule has 0 heterocycles. The predicted molar refractivity (Wildman–Crippen MR) is 98.6 cm³/mol. The number of hydrogen-bond acceptors (Lipinski definition) is 2. The largest absolute Gasteiger partial charge is 0.508 e. The number of aryl methyl sites for hydroxylation is 4. The highest BCUT2D eigenvalue weighted by Gasteiger charge is 2.06. The SMILES string of the molecule is CCc1cc(O)c(CC)c(CC)c1.Cc1cc(C)c(C)c(O)c1. The average molecular weight is 314 g/mol. The molecule has 23 heavy (non-hydrogen) atoms. The van der Waals surface area contributed by atoms with Crippen molar-refractivity contribution in [3.05, 3.63) is 57.6 Å². The van der Waals surface area contributed by atoms with Crippen LogP contribution in [0.3, 0.4) is 0 Å². The number of benzene rings is 2. The Kier molecular flexibility index (Phi) is 7.15. The zero-order valence-corrected chi connectivity index (χ0v) is 15.3. The zero-order chi connectivity index (χ0) is 17.6. The maximum absolute atomic E-state index is 9.73. The molecule has 2 nitrogen and oxygen atoms in total. The van der Waals surface area contributed by atoms with Gasteiger partial charge in [-0.05, 0) is 85.5 Å². The maximum atomic E-state index is 9.73. The van der Waals surface area contributed by atoms with Gasteiger partial charge < -0.3 is 10.2 Å². The van der Waals surface area contributed by atoms with Crippen molar-refractivity contribution in [3.8, 4) is 11.5 Å². The van der Waals surface area contributed by atoms with E-state index in [0.717, 1.165) is 41.5 Å². The Bertz CT molecular complexity index is 634. The second kappa shape index (κ2) is 8.61. The molecular formula is C21H30O2. The summed E-state index contributed by atoms with van der Waals surface area (Å²) in [7, 11) is 0. The summed E-state index contributed by atoms with van der Waals surface area (Å²) in [6.45, 7) is 12.2. The fourth-order valence-corrected chi connectivity index (χ4v) is 2.72. The smallest absolute Gasteiger partial charge is 0.119 e. The first-order valence-electron chi connectivity index (χ1n) is 8.44. The van der Waals surface area contributed by atoms with Gasteiger partial charge in [-0.2, -0.15) is 0 Å². The van der Waals surface area contributed by atoms with Crippen molar-refractivity contribution < 1.29 is 10.2 Å². The molecule has 0 unspecified atom stereocenters. The van der Waals surface area contributed by atoms with Crippen LogP contribution in [0.1, 0.15) is 54.2 Å². The second-order valence-electron chi connectivity index (χ2n) is 6.04. The quantitative estimate of drug-likeness (QED) is 0.796. The highest BCUT2D eigenvalue weighted by Crippen LogP contribution is 2.25. The number of aromatic hydroxyl groups is 2. The summed E-state index contributed by atoms with van der Waals surface area (Å²) in [5.41, 5.74) is 6.87. The van der Waals surface area contributed by atoms with Gasteiger partial charge in [0.2, 0.25) is 0 Å². The number of phenolic OH excluding ortho intramolecular Hbond substituents is 2. The standard InChI is InChI=1S/C12H18O.C9H12O/c1-4-9-7-10(5-2)11(6-3)12(13)8-9;1-6-4-7(2)8(3)9(10)5-6/h7-8,13H,4-6H2,1-3H3;4-5,10H,1-3H3. The van der Waals surface area contributed by atoms with Crippen molar-refractivity contribution in [3.63, 3.8) is 0 Å². The van der Waals surface area contributed by atoms with Crippen molar-refractivity contribution in [1.82, 2.24) is 0 Å². The molecule has 0 bridgehead atoms. The van der Waals surface area contributed by atoms with Crippen LogP contribution in [0, 0.1) is 20.8 Å². The first-order chi connectivity index (χ1) is 10.8. The molecule has 2 heteroatoms. The number of hydrogen-bond donors (Lipinski definition) is 2. The van der Waals surface area contributed by atoms with Crippen LogP contribution in [-0.2, 0) is 19.3 Å². The van der Waals surface area contributed by atoms with Crippen molar-refractivity contribution in [2.45, 2.75) is 60.8 Å². The highest BCUT2D eigenvalue weighted by molar-refractivity contribution is 5.43. The van der Waals surface area contributed by atoms with Gasteiger partial charge in [0.25, 0.3) is 0 Å². The number of phenols is 2. The molecule has 2 N–H and O–H groups in total. The molecule has 0 amide bonds. The highest BCUT2D eigenvalue weighted by atomic mass is 16.3. The summed E-state index contributed by atoms with van der Waals surface area (Å²) >= 11 is 0. The first-order valence-corrected chi connectivity index (χ1v) is 8.44. The third-order valence-electron chi connectivity index (χ3n) is 4.31. The molecule has 0 saturated heterocycles. The summed E-state index contributed by atoms with van der Waals surface area (Å²) in [5, 5.41) is 19.0. The summed E-state index contributed by atoms with van der Waals surface area (Å²) in [6, 6.07) is 7.94. The lowest BCUT2D eigenvalue weighted by Gasteiger charge is -2.10. The second-order valence-corrected chi connectivity index (χ2v) is 6.04. The summed E-state index contributed by atoms with van der Waals surface area (Å²) < 4.78 is 0. The molecule has 2 aromatic rings. The molecule has 0 atom stereocenters. The van der Waals surface area contributed by atoms with E-state index in [9.17, 15) is 10.2 Å². The first kappa shape index (κ1) is 19.1. The van der Waals surface area contributed by atoms with Crippen LogP contribution in [0.5, 0.6) is 11.5 Å². The molecule has 0 fully saturated rings. The van der Waals surface area contributed by atoms with Crippen LogP contribution in [0.25, 0.3) is 0 Å². The minimum Gasteiger partial charge on any atom is -0.508 e. The lowest BCUT2D eigenvalue weighted by molar-refractivity contribution is 0.467. The van der Waals surface area contributed by atoms with Gasteiger partial charge >= 0.3 is 0 Å². The van der Waals surface area contributed by atoms with Gasteiger partial charge in [0, 0.05) is 0 Å². The fourth-order valence-electron chi connectivity index (χ4n) is 2.72. The molecule has 0 spiro atoms. The molecule has 2 aromatic carbocycles. The summed E-state index contributed by atoms with van der Waals surface area (Å²) in [4.78, 5) is 0. The van der Waals surface area contributed by atoms with Crippen molar-refractivity contribution in [2.75, 3.05) is 0 Å². The van der Waals surface area contributed by atoms with Crippen LogP contribution in [0.4, 0.5) is 0 Å². The van der Waals surface area contributed by atoms with Crippen molar-refractivity contribution in [1.29, 1.82) is 0 Å². The van der Waals surface area contributed by atoms with Crippen LogP contribution in [-0.4, -0.2) is 10.2 Å². The predicted octanol–water partition coefficient (Wildman–Crippen LogP) is 5.40. The van der Waals surface area contributed by atoms with Crippen LogP contribution >= 0.6 is 0 Å². The van der Waals surface area contributed by atoms with E-state index in [0.29, 0.717) is 11.5 Å². The Morgan fingerprint density at radius 3 is 1.87 bits per heavy atom. The Labute approximate surface area is 140 Å². The Morgan fingerprint density at radius 2 is 1.39 bits per heavy atom. The van der Waals surface area contributed by atoms with Crippen LogP contribution < -0.4 is 0 Å². The Hall–Kier alpha value is -1.96.